The molecule has 33 heavy (non-hydrogen) atoms. The van der Waals surface area contributed by atoms with Crippen molar-refractivity contribution in [2.45, 2.75) is 48.5 Å². The third-order valence-corrected chi connectivity index (χ3v) is 8.26. The number of amides is 1. The lowest BCUT2D eigenvalue weighted by Crippen LogP contribution is -2.47. The molecule has 174 valence electrons. The van der Waals surface area contributed by atoms with E-state index in [-0.39, 0.29) is 17.8 Å². The van der Waals surface area contributed by atoms with Crippen molar-refractivity contribution in [3.63, 3.8) is 0 Å². The van der Waals surface area contributed by atoms with Crippen molar-refractivity contribution in [2.75, 3.05) is 42.1 Å². The van der Waals surface area contributed by atoms with Crippen molar-refractivity contribution >= 4 is 41.2 Å². The molecule has 1 amide bonds. The normalized spacial score (nSPS) is 20.6. The summed E-state index contributed by atoms with van der Waals surface area (Å²) in [5.74, 6) is -0.525. The van der Waals surface area contributed by atoms with Crippen LogP contribution in [0, 0.1) is 5.82 Å². The Kier molecular flexibility index (Phi) is 5.82. The van der Waals surface area contributed by atoms with E-state index in [4.69, 9.17) is 0 Å². The van der Waals surface area contributed by atoms with Crippen molar-refractivity contribution in [3.8, 4) is 0 Å². The van der Waals surface area contributed by atoms with Gasteiger partial charge in [0.05, 0.1) is 27.2 Å². The highest BCUT2D eigenvalue weighted by Gasteiger charge is 2.42. The first-order chi connectivity index (χ1) is 16.0. The molecule has 1 saturated carbocycles. The predicted molar refractivity (Wildman–Crippen MR) is 131 cm³/mol. The predicted octanol–water partition coefficient (Wildman–Crippen LogP) is 4.66. The minimum atomic E-state index is -0.568. The molecule has 1 saturated heterocycles. The molecular weight excluding hydrogens is 439 g/mol. The van der Waals surface area contributed by atoms with E-state index in [0.717, 1.165) is 67.6 Å². The number of anilines is 3. The zero-order valence-corrected chi connectivity index (χ0v) is 19.8. The standard InChI is InChI=1S/C25H29FN4O2S/c1-27-23-19-13-17(14-20(23)25(15-31)8-3-9-25)28-33-22-5-4-16(26)12-21(22)30(24(19)32)18-6-10-29(2)11-7-18/h4-5,12-15,18,27-28H,3,6-11H2,1-2H3. The Morgan fingerprint density at radius 1 is 1.21 bits per heavy atom. The first-order valence-electron chi connectivity index (χ1n) is 11.5. The van der Waals surface area contributed by atoms with E-state index in [0.29, 0.717) is 16.9 Å². The Balaban J connectivity index is 1.69. The average molecular weight is 469 g/mol. The lowest BCUT2D eigenvalue weighted by atomic mass is 9.64. The number of aldehydes is 1. The van der Waals surface area contributed by atoms with Gasteiger partial charge in [0.1, 0.15) is 12.1 Å². The molecule has 2 N–H and O–H groups in total. The minimum absolute atomic E-state index is 0.0338. The van der Waals surface area contributed by atoms with Crippen molar-refractivity contribution in [1.82, 2.24) is 4.90 Å². The number of piperidine rings is 1. The second-order valence-electron chi connectivity index (χ2n) is 9.35. The van der Waals surface area contributed by atoms with Crippen molar-refractivity contribution in [3.05, 3.63) is 47.3 Å². The lowest BCUT2D eigenvalue weighted by molar-refractivity contribution is -0.115. The summed E-state index contributed by atoms with van der Waals surface area (Å²) < 4.78 is 17.8. The van der Waals surface area contributed by atoms with Crippen LogP contribution in [0.1, 0.15) is 48.0 Å². The highest BCUT2D eigenvalue weighted by atomic mass is 32.2. The highest BCUT2D eigenvalue weighted by Crippen LogP contribution is 2.48. The summed E-state index contributed by atoms with van der Waals surface area (Å²) in [6, 6.07) is 8.42. The smallest absolute Gasteiger partial charge is 0.260 e. The molecule has 2 heterocycles. The number of carbonyl (C=O) groups excluding carboxylic acids is 2. The first-order valence-corrected chi connectivity index (χ1v) is 12.3. The molecule has 0 unspecified atom stereocenters. The summed E-state index contributed by atoms with van der Waals surface area (Å²) >= 11 is 1.37. The Morgan fingerprint density at radius 3 is 2.61 bits per heavy atom. The number of likely N-dealkylation sites (tertiary alicyclic amines) is 1. The van der Waals surface area contributed by atoms with Gasteiger partial charge in [0.25, 0.3) is 5.91 Å². The van der Waals surface area contributed by atoms with Crippen LogP contribution in [0.25, 0.3) is 0 Å². The Morgan fingerprint density at radius 2 is 1.97 bits per heavy atom. The van der Waals surface area contributed by atoms with Crippen LogP contribution in [0.15, 0.2) is 35.2 Å². The molecule has 5 rings (SSSR count). The molecule has 2 aliphatic heterocycles. The molecule has 3 aliphatic rings. The molecule has 0 radical (unpaired) electrons. The minimum Gasteiger partial charge on any atom is -0.387 e. The van der Waals surface area contributed by atoms with E-state index >= 15 is 0 Å². The van der Waals surface area contributed by atoms with Gasteiger partial charge in [0.15, 0.2) is 0 Å². The fraction of sp³-hybridized carbons (Fsp3) is 0.440. The fourth-order valence-electron chi connectivity index (χ4n) is 5.27. The summed E-state index contributed by atoms with van der Waals surface area (Å²) in [6.07, 6.45) is 5.21. The maximum Gasteiger partial charge on any atom is 0.260 e. The molecule has 0 spiro atoms. The number of nitrogens with zero attached hydrogens (tertiary/aromatic N) is 2. The summed E-state index contributed by atoms with van der Waals surface area (Å²) in [5, 5.41) is 3.23. The number of rotatable bonds is 4. The molecule has 8 heteroatoms. The summed E-state index contributed by atoms with van der Waals surface area (Å²) in [5.41, 5.74) is 2.86. The number of hydrogen-bond acceptors (Lipinski definition) is 6. The molecular formula is C25H29FN4O2S. The average Bonchev–Trinajstić information content (AvgIpc) is 2.82. The van der Waals surface area contributed by atoms with Crippen LogP contribution < -0.4 is 14.9 Å². The third-order valence-electron chi connectivity index (χ3n) is 7.36. The van der Waals surface area contributed by atoms with E-state index in [9.17, 15) is 14.0 Å². The number of hydrogen-bond donors (Lipinski definition) is 2. The van der Waals surface area contributed by atoms with Crippen LogP contribution in [-0.2, 0) is 10.2 Å². The van der Waals surface area contributed by atoms with Gasteiger partial charge in [-0.2, -0.15) is 0 Å². The van der Waals surface area contributed by atoms with Gasteiger partial charge in [-0.1, -0.05) is 6.42 Å². The molecule has 0 atom stereocenters. The maximum absolute atomic E-state index is 14.4. The summed E-state index contributed by atoms with van der Waals surface area (Å²) in [7, 11) is 3.87. The quantitative estimate of drug-likeness (QED) is 0.503. The van der Waals surface area contributed by atoms with Crippen LogP contribution >= 0.6 is 11.9 Å². The van der Waals surface area contributed by atoms with Gasteiger partial charge in [-0.3, -0.25) is 4.79 Å². The van der Waals surface area contributed by atoms with Crippen LogP contribution in [0.5, 0.6) is 0 Å². The number of carbonyl (C=O) groups is 2. The van der Waals surface area contributed by atoms with Crippen LogP contribution in [0.4, 0.5) is 21.5 Å². The second kappa shape index (κ2) is 8.65. The number of nitrogens with one attached hydrogen (secondary N) is 2. The monoisotopic (exact) mass is 468 g/mol. The van der Waals surface area contributed by atoms with Gasteiger partial charge in [-0.05, 0) is 93.7 Å². The Hall–Kier alpha value is -2.58. The summed E-state index contributed by atoms with van der Waals surface area (Å²) in [6.45, 7) is 1.76. The molecule has 1 aliphatic carbocycles. The van der Waals surface area contributed by atoms with Crippen LogP contribution in [0.3, 0.4) is 0 Å². The van der Waals surface area contributed by atoms with Crippen molar-refractivity contribution < 1.29 is 14.0 Å². The lowest BCUT2D eigenvalue weighted by Gasteiger charge is -2.40. The fourth-order valence-corrected chi connectivity index (χ4v) is 6.02. The zero-order valence-electron chi connectivity index (χ0n) is 19.0. The van der Waals surface area contributed by atoms with Gasteiger partial charge in [-0.15, -0.1) is 0 Å². The number of halogens is 1. The van der Waals surface area contributed by atoms with E-state index in [1.54, 1.807) is 18.0 Å². The molecule has 2 aromatic rings. The Bertz CT molecular complexity index is 1100. The van der Waals surface area contributed by atoms with Crippen molar-refractivity contribution in [1.29, 1.82) is 0 Å². The van der Waals surface area contributed by atoms with E-state index < -0.39 is 5.41 Å². The van der Waals surface area contributed by atoms with Crippen LogP contribution in [0.2, 0.25) is 0 Å². The Labute approximate surface area is 198 Å². The van der Waals surface area contributed by atoms with Crippen molar-refractivity contribution in [2.24, 2.45) is 0 Å². The summed E-state index contributed by atoms with van der Waals surface area (Å²) in [4.78, 5) is 31.3. The van der Waals surface area contributed by atoms with Crippen LogP contribution in [-0.4, -0.2) is 50.3 Å². The van der Waals surface area contributed by atoms with Gasteiger partial charge >= 0.3 is 0 Å². The number of benzene rings is 2. The molecule has 6 nitrogen and oxygen atoms in total. The van der Waals surface area contributed by atoms with Gasteiger partial charge in [-0.25, -0.2) is 4.39 Å². The molecule has 0 aromatic heterocycles. The van der Waals surface area contributed by atoms with Gasteiger partial charge < -0.3 is 24.6 Å². The topological polar surface area (TPSA) is 64.7 Å². The largest absolute Gasteiger partial charge is 0.387 e. The third kappa shape index (κ3) is 3.79. The first kappa shape index (κ1) is 22.2. The molecule has 2 fully saturated rings. The molecule has 2 aromatic carbocycles. The van der Waals surface area contributed by atoms with E-state index in [1.165, 1.54) is 24.1 Å². The molecule has 2 bridgehead atoms. The SMILES string of the molecule is CNc1c2cc(cc1C1(C=O)CCC1)NSc1ccc(F)cc1N(C1CCN(C)CC1)C2=O. The second-order valence-corrected chi connectivity index (χ2v) is 10.2. The maximum atomic E-state index is 14.4. The van der Waals surface area contributed by atoms with Gasteiger partial charge in [0, 0.05) is 18.8 Å². The van der Waals surface area contributed by atoms with E-state index in [1.807, 2.05) is 12.1 Å². The highest BCUT2D eigenvalue weighted by molar-refractivity contribution is 8.00. The zero-order chi connectivity index (χ0) is 23.2. The van der Waals surface area contributed by atoms with E-state index in [2.05, 4.69) is 22.0 Å². The van der Waals surface area contributed by atoms with Gasteiger partial charge in [0.2, 0.25) is 0 Å². The number of fused-ring (bicyclic) bond motifs is 3.